The molecule has 0 spiro atoms. The summed E-state index contributed by atoms with van der Waals surface area (Å²) in [5.74, 6) is 1.36. The van der Waals surface area contributed by atoms with Gasteiger partial charge < -0.3 is 20.4 Å². The summed E-state index contributed by atoms with van der Waals surface area (Å²) in [5.41, 5.74) is 8.66. The third-order valence-corrected chi connectivity index (χ3v) is 2.96. The molecule has 0 radical (unpaired) electrons. The standard InChI is InChI=1S/C12H14N4O/c1-16-4-5-17-11-3-2-8(6-10(11)16)9-7-14-12(13)15-9/h2-3,6-7H,4-5H2,1H3,(H3,13,14,15). The van der Waals surface area contributed by atoms with Gasteiger partial charge in [0.2, 0.25) is 0 Å². The van der Waals surface area contributed by atoms with Gasteiger partial charge in [-0.25, -0.2) is 4.98 Å². The third-order valence-electron chi connectivity index (χ3n) is 2.96. The molecule has 3 N–H and O–H groups in total. The first-order chi connectivity index (χ1) is 8.24. The second-order valence-corrected chi connectivity index (χ2v) is 4.13. The van der Waals surface area contributed by atoms with Gasteiger partial charge in [-0.15, -0.1) is 0 Å². The fourth-order valence-corrected chi connectivity index (χ4v) is 2.00. The lowest BCUT2D eigenvalue weighted by Gasteiger charge is -2.27. The number of nitrogens with one attached hydrogen (secondary N) is 1. The minimum absolute atomic E-state index is 0.433. The number of nitrogen functional groups attached to an aromatic ring is 1. The number of likely N-dealkylation sites (N-methyl/N-ethyl adjacent to an activating group) is 1. The average Bonchev–Trinajstić information content (AvgIpc) is 2.76. The number of benzene rings is 1. The quantitative estimate of drug-likeness (QED) is 0.778. The number of nitrogens with two attached hydrogens (primary N) is 1. The van der Waals surface area contributed by atoms with Gasteiger partial charge in [0.25, 0.3) is 0 Å². The van der Waals surface area contributed by atoms with Crippen LogP contribution in [-0.4, -0.2) is 30.2 Å². The summed E-state index contributed by atoms with van der Waals surface area (Å²) in [6.45, 7) is 1.64. The van der Waals surface area contributed by atoms with Crippen molar-refractivity contribution in [2.45, 2.75) is 0 Å². The van der Waals surface area contributed by atoms with Crippen molar-refractivity contribution in [3.8, 4) is 17.0 Å². The number of ether oxygens (including phenoxy) is 1. The van der Waals surface area contributed by atoms with Gasteiger partial charge in [0.1, 0.15) is 12.4 Å². The fraction of sp³-hybridized carbons (Fsp3) is 0.250. The van der Waals surface area contributed by atoms with E-state index in [0.29, 0.717) is 5.95 Å². The van der Waals surface area contributed by atoms with E-state index in [1.165, 1.54) is 0 Å². The summed E-state index contributed by atoms with van der Waals surface area (Å²) >= 11 is 0. The Morgan fingerprint density at radius 3 is 3.12 bits per heavy atom. The number of aromatic amines is 1. The van der Waals surface area contributed by atoms with Crippen LogP contribution in [0, 0.1) is 0 Å². The van der Waals surface area contributed by atoms with E-state index in [0.717, 1.165) is 35.8 Å². The predicted molar refractivity (Wildman–Crippen MR) is 67.2 cm³/mol. The SMILES string of the molecule is CN1CCOc2ccc(-c3cnc(N)[nH]3)cc21. The Labute approximate surface area is 99.2 Å². The molecule has 2 heterocycles. The van der Waals surface area contributed by atoms with Crippen LogP contribution in [0.3, 0.4) is 0 Å². The molecule has 5 heteroatoms. The molecule has 0 aliphatic carbocycles. The highest BCUT2D eigenvalue weighted by Gasteiger charge is 2.15. The monoisotopic (exact) mass is 230 g/mol. The number of fused-ring (bicyclic) bond motifs is 1. The van der Waals surface area contributed by atoms with Gasteiger partial charge >= 0.3 is 0 Å². The number of rotatable bonds is 1. The van der Waals surface area contributed by atoms with Gasteiger partial charge in [-0.2, -0.15) is 0 Å². The minimum Gasteiger partial charge on any atom is -0.490 e. The summed E-state index contributed by atoms with van der Waals surface area (Å²) in [6, 6.07) is 6.07. The van der Waals surface area contributed by atoms with Crippen LogP contribution in [0.2, 0.25) is 0 Å². The van der Waals surface area contributed by atoms with Crippen LogP contribution in [0.1, 0.15) is 0 Å². The highest BCUT2D eigenvalue weighted by atomic mass is 16.5. The molecule has 88 valence electrons. The van der Waals surface area contributed by atoms with Gasteiger partial charge in [-0.3, -0.25) is 0 Å². The number of H-pyrrole nitrogens is 1. The van der Waals surface area contributed by atoms with E-state index >= 15 is 0 Å². The Morgan fingerprint density at radius 2 is 2.35 bits per heavy atom. The zero-order chi connectivity index (χ0) is 11.8. The number of hydrogen-bond acceptors (Lipinski definition) is 4. The second-order valence-electron chi connectivity index (χ2n) is 4.13. The lowest BCUT2D eigenvalue weighted by atomic mass is 10.1. The Morgan fingerprint density at radius 1 is 1.47 bits per heavy atom. The topological polar surface area (TPSA) is 67.2 Å². The summed E-state index contributed by atoms with van der Waals surface area (Å²) in [6.07, 6.45) is 1.74. The molecule has 0 fully saturated rings. The van der Waals surface area contributed by atoms with Crippen molar-refractivity contribution < 1.29 is 4.74 Å². The first kappa shape index (κ1) is 10.0. The minimum atomic E-state index is 0.433. The van der Waals surface area contributed by atoms with Crippen LogP contribution in [0.5, 0.6) is 5.75 Å². The van der Waals surface area contributed by atoms with E-state index in [2.05, 4.69) is 28.0 Å². The van der Waals surface area contributed by atoms with Crippen molar-refractivity contribution in [1.29, 1.82) is 0 Å². The zero-order valence-electron chi connectivity index (χ0n) is 9.60. The van der Waals surface area contributed by atoms with E-state index in [1.807, 2.05) is 12.1 Å². The van der Waals surface area contributed by atoms with Crippen molar-refractivity contribution in [3.63, 3.8) is 0 Å². The lowest BCUT2D eigenvalue weighted by Crippen LogP contribution is -2.28. The molecule has 0 atom stereocenters. The highest BCUT2D eigenvalue weighted by Crippen LogP contribution is 2.34. The summed E-state index contributed by atoms with van der Waals surface area (Å²) in [4.78, 5) is 9.21. The molecule has 0 amide bonds. The van der Waals surface area contributed by atoms with Crippen molar-refractivity contribution in [1.82, 2.24) is 9.97 Å². The molecular formula is C12H14N4O. The molecule has 0 bridgehead atoms. The first-order valence-corrected chi connectivity index (χ1v) is 5.53. The Bertz CT molecular complexity index is 549. The molecular weight excluding hydrogens is 216 g/mol. The van der Waals surface area contributed by atoms with Gasteiger partial charge in [0.05, 0.1) is 24.1 Å². The number of nitrogens with zero attached hydrogens (tertiary/aromatic N) is 2. The molecule has 1 aliphatic rings. The van der Waals surface area contributed by atoms with Crippen molar-refractivity contribution in [2.24, 2.45) is 0 Å². The number of anilines is 2. The van der Waals surface area contributed by atoms with Gasteiger partial charge in [0, 0.05) is 12.6 Å². The van der Waals surface area contributed by atoms with Crippen molar-refractivity contribution in [2.75, 3.05) is 30.8 Å². The zero-order valence-corrected chi connectivity index (χ0v) is 9.60. The Balaban J connectivity index is 2.05. The Kier molecular flexibility index (Phi) is 2.18. The van der Waals surface area contributed by atoms with E-state index < -0.39 is 0 Å². The molecule has 0 saturated heterocycles. The molecule has 1 aromatic heterocycles. The third kappa shape index (κ3) is 1.69. The van der Waals surface area contributed by atoms with Crippen LogP contribution in [0.25, 0.3) is 11.3 Å². The maximum absolute atomic E-state index is 5.60. The second kappa shape index (κ2) is 3.69. The highest BCUT2D eigenvalue weighted by molar-refractivity contribution is 5.71. The molecule has 17 heavy (non-hydrogen) atoms. The molecule has 0 saturated carbocycles. The molecule has 1 aromatic carbocycles. The number of imidazole rings is 1. The molecule has 2 aromatic rings. The summed E-state index contributed by atoms with van der Waals surface area (Å²) in [5, 5.41) is 0. The molecule has 5 nitrogen and oxygen atoms in total. The molecule has 0 unspecified atom stereocenters. The maximum Gasteiger partial charge on any atom is 0.197 e. The largest absolute Gasteiger partial charge is 0.490 e. The summed E-state index contributed by atoms with van der Waals surface area (Å²) < 4.78 is 5.60. The first-order valence-electron chi connectivity index (χ1n) is 5.53. The normalized spacial score (nSPS) is 14.3. The van der Waals surface area contributed by atoms with Crippen LogP contribution < -0.4 is 15.4 Å². The molecule has 3 rings (SSSR count). The van der Waals surface area contributed by atoms with Gasteiger partial charge in [-0.05, 0) is 18.2 Å². The number of aromatic nitrogens is 2. The van der Waals surface area contributed by atoms with Crippen LogP contribution in [-0.2, 0) is 0 Å². The van der Waals surface area contributed by atoms with Gasteiger partial charge in [-0.1, -0.05) is 0 Å². The van der Waals surface area contributed by atoms with Crippen molar-refractivity contribution >= 4 is 11.6 Å². The van der Waals surface area contributed by atoms with Crippen LogP contribution in [0.4, 0.5) is 11.6 Å². The number of hydrogen-bond donors (Lipinski definition) is 2. The predicted octanol–water partition coefficient (Wildman–Crippen LogP) is 1.49. The maximum atomic E-state index is 5.60. The lowest BCUT2D eigenvalue weighted by molar-refractivity contribution is 0.311. The summed E-state index contributed by atoms with van der Waals surface area (Å²) in [7, 11) is 2.06. The smallest absolute Gasteiger partial charge is 0.197 e. The van der Waals surface area contributed by atoms with E-state index in [-0.39, 0.29) is 0 Å². The van der Waals surface area contributed by atoms with Crippen molar-refractivity contribution in [3.05, 3.63) is 24.4 Å². The molecule has 1 aliphatic heterocycles. The van der Waals surface area contributed by atoms with Crippen LogP contribution >= 0.6 is 0 Å². The van der Waals surface area contributed by atoms with E-state index in [9.17, 15) is 0 Å². The van der Waals surface area contributed by atoms with E-state index in [1.54, 1.807) is 6.20 Å². The van der Waals surface area contributed by atoms with Gasteiger partial charge in [0.15, 0.2) is 5.95 Å². The fourth-order valence-electron chi connectivity index (χ4n) is 2.00. The van der Waals surface area contributed by atoms with Crippen LogP contribution in [0.15, 0.2) is 24.4 Å². The Hall–Kier alpha value is -2.17. The average molecular weight is 230 g/mol. The van der Waals surface area contributed by atoms with E-state index in [4.69, 9.17) is 10.5 Å².